The van der Waals surface area contributed by atoms with E-state index < -0.39 is 0 Å². The molecule has 0 aliphatic carbocycles. The molecule has 78 valence electrons. The van der Waals surface area contributed by atoms with Gasteiger partial charge in [0.15, 0.2) is 5.78 Å². The fourth-order valence-electron chi connectivity index (χ4n) is 1.93. The van der Waals surface area contributed by atoms with E-state index in [0.717, 1.165) is 22.2 Å². The maximum absolute atomic E-state index is 11.4. The van der Waals surface area contributed by atoms with Crippen LogP contribution in [0.2, 0.25) is 0 Å². The van der Waals surface area contributed by atoms with E-state index >= 15 is 0 Å². The van der Waals surface area contributed by atoms with Gasteiger partial charge in [0.2, 0.25) is 0 Å². The third-order valence-electron chi connectivity index (χ3n) is 2.65. The van der Waals surface area contributed by atoms with Crippen LogP contribution in [0.1, 0.15) is 28.5 Å². The van der Waals surface area contributed by atoms with Crippen LogP contribution >= 0.6 is 0 Å². The number of ketones is 1. The summed E-state index contributed by atoms with van der Waals surface area (Å²) >= 11 is 0. The van der Waals surface area contributed by atoms with Gasteiger partial charge in [0.25, 0.3) is 0 Å². The zero-order chi connectivity index (χ0) is 11.2. The summed E-state index contributed by atoms with van der Waals surface area (Å²) in [5, 5.41) is 10.4. The normalized spacial score (nSPS) is 10.9. The van der Waals surface area contributed by atoms with Crippen molar-refractivity contribution < 1.29 is 9.90 Å². The predicted molar refractivity (Wildman–Crippen MR) is 59.4 cm³/mol. The maximum atomic E-state index is 11.4. The first-order valence-electron chi connectivity index (χ1n) is 4.83. The van der Waals surface area contributed by atoms with Crippen molar-refractivity contribution in [3.05, 3.63) is 29.0 Å². The van der Waals surface area contributed by atoms with Crippen molar-refractivity contribution in [1.82, 2.24) is 4.98 Å². The number of fused-ring (bicyclic) bond motifs is 1. The lowest BCUT2D eigenvalue weighted by Gasteiger charge is -1.99. The number of hydrogen-bond donors (Lipinski definition) is 2. The molecule has 0 bridgehead atoms. The second-order valence-corrected chi connectivity index (χ2v) is 3.87. The van der Waals surface area contributed by atoms with Gasteiger partial charge in [-0.25, -0.2) is 0 Å². The fraction of sp³-hybridized carbons (Fsp3) is 0.250. The van der Waals surface area contributed by atoms with E-state index in [0.29, 0.717) is 5.56 Å². The Kier molecular flexibility index (Phi) is 2.03. The third-order valence-corrected chi connectivity index (χ3v) is 2.65. The number of aromatic nitrogens is 1. The number of hydrogen-bond acceptors (Lipinski definition) is 2. The minimum absolute atomic E-state index is 0.0157. The molecule has 2 N–H and O–H groups in total. The van der Waals surface area contributed by atoms with Crippen LogP contribution in [0.3, 0.4) is 0 Å². The zero-order valence-electron chi connectivity index (χ0n) is 9.01. The zero-order valence-corrected chi connectivity index (χ0v) is 9.01. The van der Waals surface area contributed by atoms with Crippen molar-refractivity contribution in [3.63, 3.8) is 0 Å². The number of H-pyrrole nitrogens is 1. The standard InChI is InChI=1S/C12H13NO2/c1-6-4-10-9(5-11(6)15)12(8(3)14)7(2)13-10/h4-5,13,15H,1-3H3. The van der Waals surface area contributed by atoms with Crippen LogP contribution in [-0.2, 0) is 0 Å². The van der Waals surface area contributed by atoms with Crippen LogP contribution in [-0.4, -0.2) is 15.9 Å². The van der Waals surface area contributed by atoms with Gasteiger partial charge in [-0.3, -0.25) is 4.79 Å². The molecule has 1 aromatic carbocycles. The Labute approximate surface area is 87.7 Å². The summed E-state index contributed by atoms with van der Waals surface area (Å²) in [4.78, 5) is 14.6. The molecule has 15 heavy (non-hydrogen) atoms. The number of phenols is 1. The number of aryl methyl sites for hydroxylation is 2. The third kappa shape index (κ3) is 1.40. The molecule has 2 aromatic rings. The SMILES string of the molecule is CC(=O)c1c(C)[nH]c2cc(C)c(O)cc12. The highest BCUT2D eigenvalue weighted by atomic mass is 16.3. The number of rotatable bonds is 1. The molecule has 0 radical (unpaired) electrons. The monoisotopic (exact) mass is 203 g/mol. The number of nitrogens with one attached hydrogen (secondary N) is 1. The lowest BCUT2D eigenvalue weighted by Crippen LogP contribution is -1.92. The molecule has 3 heteroatoms. The van der Waals surface area contributed by atoms with E-state index in [2.05, 4.69) is 4.98 Å². The van der Waals surface area contributed by atoms with Crippen LogP contribution in [0.15, 0.2) is 12.1 Å². The molecule has 3 nitrogen and oxygen atoms in total. The Morgan fingerprint density at radius 3 is 2.60 bits per heavy atom. The minimum atomic E-state index is 0.0157. The number of carbonyl (C=O) groups is 1. The Bertz CT molecular complexity index is 552. The summed E-state index contributed by atoms with van der Waals surface area (Å²) in [6, 6.07) is 3.50. The van der Waals surface area contributed by atoms with E-state index in [4.69, 9.17) is 0 Å². The predicted octanol–water partition coefficient (Wildman–Crippen LogP) is 2.69. The molecule has 0 amide bonds. The lowest BCUT2D eigenvalue weighted by atomic mass is 10.1. The molecular weight excluding hydrogens is 190 g/mol. The Hall–Kier alpha value is -1.77. The van der Waals surface area contributed by atoms with E-state index in [9.17, 15) is 9.90 Å². The van der Waals surface area contributed by atoms with Crippen LogP contribution in [0.5, 0.6) is 5.75 Å². The first-order valence-corrected chi connectivity index (χ1v) is 4.83. The van der Waals surface area contributed by atoms with E-state index in [1.165, 1.54) is 6.92 Å². The summed E-state index contributed by atoms with van der Waals surface area (Å²) in [5.41, 5.74) is 3.22. The highest BCUT2D eigenvalue weighted by molar-refractivity contribution is 6.08. The largest absolute Gasteiger partial charge is 0.508 e. The van der Waals surface area contributed by atoms with Gasteiger partial charge in [-0.05, 0) is 38.5 Å². The minimum Gasteiger partial charge on any atom is -0.508 e. The average molecular weight is 203 g/mol. The van der Waals surface area contributed by atoms with E-state index in [-0.39, 0.29) is 11.5 Å². The molecule has 1 heterocycles. The van der Waals surface area contributed by atoms with Crippen LogP contribution in [0, 0.1) is 13.8 Å². The van der Waals surface area contributed by atoms with Gasteiger partial charge in [0.1, 0.15) is 5.75 Å². The molecule has 0 aliphatic rings. The molecule has 0 saturated heterocycles. The topological polar surface area (TPSA) is 53.1 Å². The highest BCUT2D eigenvalue weighted by Gasteiger charge is 2.13. The van der Waals surface area contributed by atoms with Crippen LogP contribution < -0.4 is 0 Å². The van der Waals surface area contributed by atoms with Crippen molar-refractivity contribution in [2.75, 3.05) is 0 Å². The van der Waals surface area contributed by atoms with Crippen molar-refractivity contribution in [2.45, 2.75) is 20.8 Å². The molecule has 0 saturated carbocycles. The van der Waals surface area contributed by atoms with E-state index in [1.54, 1.807) is 6.07 Å². The Morgan fingerprint density at radius 2 is 2.00 bits per heavy atom. The summed E-state index contributed by atoms with van der Waals surface area (Å²) in [6.45, 7) is 5.23. The summed E-state index contributed by atoms with van der Waals surface area (Å²) in [7, 11) is 0. The first kappa shape index (κ1) is 9.77. The molecule has 0 spiro atoms. The number of benzene rings is 1. The quantitative estimate of drug-likeness (QED) is 0.700. The smallest absolute Gasteiger partial charge is 0.162 e. The molecular formula is C12H13NO2. The summed E-state index contributed by atoms with van der Waals surface area (Å²) < 4.78 is 0. The van der Waals surface area contributed by atoms with Gasteiger partial charge in [0, 0.05) is 22.2 Å². The average Bonchev–Trinajstić information content (AvgIpc) is 2.41. The summed E-state index contributed by atoms with van der Waals surface area (Å²) in [5.74, 6) is 0.242. The second kappa shape index (κ2) is 3.12. The molecule has 0 fully saturated rings. The fourth-order valence-corrected chi connectivity index (χ4v) is 1.93. The molecule has 0 aliphatic heterocycles. The molecule has 2 rings (SSSR count). The lowest BCUT2D eigenvalue weighted by molar-refractivity contribution is 0.101. The van der Waals surface area contributed by atoms with Gasteiger partial charge in [-0.2, -0.15) is 0 Å². The van der Waals surface area contributed by atoms with Gasteiger partial charge in [-0.15, -0.1) is 0 Å². The number of Topliss-reactive ketones (excluding diaryl/α,β-unsaturated/α-hetero) is 1. The Morgan fingerprint density at radius 1 is 1.33 bits per heavy atom. The number of aromatic hydroxyl groups is 1. The first-order chi connectivity index (χ1) is 7.00. The summed E-state index contributed by atoms with van der Waals surface area (Å²) in [6.07, 6.45) is 0. The number of aromatic amines is 1. The highest BCUT2D eigenvalue weighted by Crippen LogP contribution is 2.28. The van der Waals surface area contributed by atoms with Gasteiger partial charge in [0.05, 0.1) is 0 Å². The van der Waals surface area contributed by atoms with Gasteiger partial charge >= 0.3 is 0 Å². The van der Waals surface area contributed by atoms with Crippen molar-refractivity contribution in [1.29, 1.82) is 0 Å². The number of carbonyl (C=O) groups excluding carboxylic acids is 1. The number of phenolic OH excluding ortho intramolecular Hbond substituents is 1. The van der Waals surface area contributed by atoms with Gasteiger partial charge in [-0.1, -0.05) is 0 Å². The van der Waals surface area contributed by atoms with Crippen molar-refractivity contribution in [3.8, 4) is 5.75 Å². The second-order valence-electron chi connectivity index (χ2n) is 3.87. The van der Waals surface area contributed by atoms with E-state index in [1.807, 2.05) is 19.9 Å². The van der Waals surface area contributed by atoms with Crippen molar-refractivity contribution >= 4 is 16.7 Å². The molecule has 0 atom stereocenters. The van der Waals surface area contributed by atoms with Gasteiger partial charge < -0.3 is 10.1 Å². The van der Waals surface area contributed by atoms with Crippen LogP contribution in [0.4, 0.5) is 0 Å². The molecule has 1 aromatic heterocycles. The maximum Gasteiger partial charge on any atom is 0.162 e. The van der Waals surface area contributed by atoms with Crippen LogP contribution in [0.25, 0.3) is 10.9 Å². The molecule has 0 unspecified atom stereocenters. The Balaban J connectivity index is 2.87. The van der Waals surface area contributed by atoms with Crippen molar-refractivity contribution in [2.24, 2.45) is 0 Å².